The Morgan fingerprint density at radius 1 is 0.889 bits per heavy atom. The molecule has 0 saturated heterocycles. The lowest BCUT2D eigenvalue weighted by atomic mass is 10.1. The van der Waals surface area contributed by atoms with Gasteiger partial charge in [-0.25, -0.2) is 0 Å². The first-order valence-corrected chi connectivity index (χ1v) is 9.34. The molecule has 0 fully saturated rings. The van der Waals surface area contributed by atoms with E-state index in [0.717, 1.165) is 32.1 Å². The first-order valence-electron chi connectivity index (χ1n) is 9.34. The number of nitro groups is 2. The number of carbonyl (C=O) groups excluding carboxylic acids is 1. The lowest BCUT2D eigenvalue weighted by Crippen LogP contribution is -2.00. The molecular weight excluding hydrogens is 348 g/mol. The van der Waals surface area contributed by atoms with Crippen LogP contribution in [0.25, 0.3) is 0 Å². The lowest BCUT2D eigenvalue weighted by Gasteiger charge is -1.98. The molecule has 1 radical (unpaired) electrons. The molecule has 27 heavy (non-hydrogen) atoms. The Kier molecular flexibility index (Phi) is 15.3. The molecule has 7 heteroatoms. The third-order valence-electron chi connectivity index (χ3n) is 3.79. The van der Waals surface area contributed by atoms with Crippen LogP contribution in [0.1, 0.15) is 71.1 Å². The van der Waals surface area contributed by atoms with Crippen LogP contribution in [0.2, 0.25) is 0 Å². The Bertz CT molecular complexity index is 577. The molecule has 0 aromatic rings. The maximum atomic E-state index is 11.1. The van der Waals surface area contributed by atoms with Crippen LogP contribution in [0.5, 0.6) is 0 Å². The smallest absolute Gasteiger partial charge is 0.246 e. The second-order valence-electron chi connectivity index (χ2n) is 6.02. The Morgan fingerprint density at radius 2 is 1.56 bits per heavy atom. The standard InChI is InChI=1S/C20H29N2O5/c1-2-3-10-14-19(21(24)25)16-13-17-20(22(26)27)15-11-8-6-4-5-7-9-12-18-23/h4-5,8,11,16-17H,2-3,6-7,9-10,12-15H2,1H3/b5-4-,11-8-,19-16+,20-17+. The van der Waals surface area contributed by atoms with Gasteiger partial charge >= 0.3 is 0 Å². The zero-order valence-electron chi connectivity index (χ0n) is 16.0. The van der Waals surface area contributed by atoms with Gasteiger partial charge in [-0.3, -0.25) is 25.0 Å². The summed E-state index contributed by atoms with van der Waals surface area (Å²) in [6, 6.07) is 0. The normalized spacial score (nSPS) is 12.8. The van der Waals surface area contributed by atoms with Gasteiger partial charge in [0.05, 0.1) is 16.3 Å². The molecule has 0 N–H and O–H groups in total. The molecule has 0 aromatic carbocycles. The largest absolute Gasteiger partial charge is 0.291 e. The second kappa shape index (κ2) is 16.9. The van der Waals surface area contributed by atoms with E-state index in [-0.39, 0.29) is 24.2 Å². The van der Waals surface area contributed by atoms with Gasteiger partial charge in [-0.15, -0.1) is 0 Å². The summed E-state index contributed by atoms with van der Waals surface area (Å²) in [4.78, 5) is 31.3. The summed E-state index contributed by atoms with van der Waals surface area (Å²) >= 11 is 0. The van der Waals surface area contributed by atoms with Gasteiger partial charge in [0.15, 0.2) is 6.29 Å². The van der Waals surface area contributed by atoms with Gasteiger partial charge in [0, 0.05) is 12.8 Å². The van der Waals surface area contributed by atoms with Gasteiger partial charge in [0.2, 0.25) is 11.4 Å². The molecule has 0 amide bonds. The van der Waals surface area contributed by atoms with Crippen molar-refractivity contribution < 1.29 is 14.6 Å². The zero-order chi connectivity index (χ0) is 20.3. The third-order valence-corrected chi connectivity index (χ3v) is 3.79. The van der Waals surface area contributed by atoms with E-state index in [1.54, 1.807) is 6.08 Å². The number of unbranched alkanes of at least 4 members (excludes halogenated alkanes) is 4. The Balaban J connectivity index is 4.49. The second-order valence-corrected chi connectivity index (χ2v) is 6.02. The third kappa shape index (κ3) is 14.3. The van der Waals surface area contributed by atoms with E-state index >= 15 is 0 Å². The maximum Gasteiger partial charge on any atom is 0.246 e. The van der Waals surface area contributed by atoms with E-state index in [1.165, 1.54) is 12.2 Å². The van der Waals surface area contributed by atoms with Crippen molar-refractivity contribution in [3.63, 3.8) is 0 Å². The van der Waals surface area contributed by atoms with Crippen LogP contribution >= 0.6 is 0 Å². The highest BCUT2D eigenvalue weighted by molar-refractivity contribution is 5.50. The molecule has 0 atom stereocenters. The average molecular weight is 377 g/mol. The topological polar surface area (TPSA) is 103 Å². The summed E-state index contributed by atoms with van der Waals surface area (Å²) in [5, 5.41) is 22.1. The number of hydrogen-bond donors (Lipinski definition) is 0. The van der Waals surface area contributed by atoms with Gasteiger partial charge in [0.1, 0.15) is 0 Å². The highest BCUT2D eigenvalue weighted by atomic mass is 16.6. The quantitative estimate of drug-likeness (QED) is 0.154. The molecule has 0 aliphatic heterocycles. The molecule has 0 aliphatic rings. The number of rotatable bonds is 16. The first-order chi connectivity index (χ1) is 13.0. The van der Waals surface area contributed by atoms with Crippen LogP contribution < -0.4 is 0 Å². The van der Waals surface area contributed by atoms with E-state index in [4.69, 9.17) is 0 Å². The minimum Gasteiger partial charge on any atom is -0.291 e. The molecule has 0 unspecified atom stereocenters. The van der Waals surface area contributed by atoms with Crippen molar-refractivity contribution in [1.82, 2.24) is 0 Å². The predicted octanol–water partition coefficient (Wildman–Crippen LogP) is 5.45. The fourth-order valence-corrected chi connectivity index (χ4v) is 2.27. The average Bonchev–Trinajstić information content (AvgIpc) is 2.63. The van der Waals surface area contributed by atoms with Gasteiger partial charge in [-0.2, -0.15) is 0 Å². The minimum absolute atomic E-state index is 0.0317. The van der Waals surface area contributed by atoms with E-state index < -0.39 is 9.85 Å². The predicted molar refractivity (Wildman–Crippen MR) is 106 cm³/mol. The van der Waals surface area contributed by atoms with Crippen molar-refractivity contribution in [2.24, 2.45) is 0 Å². The van der Waals surface area contributed by atoms with Crippen molar-refractivity contribution in [3.8, 4) is 0 Å². The molecule has 0 aromatic heterocycles. The minimum atomic E-state index is -0.452. The summed E-state index contributed by atoms with van der Waals surface area (Å²) < 4.78 is 0. The number of nitrogens with zero attached hydrogens (tertiary/aromatic N) is 2. The first kappa shape index (κ1) is 24.4. The van der Waals surface area contributed by atoms with Crippen molar-refractivity contribution >= 4 is 6.29 Å². The van der Waals surface area contributed by atoms with Gasteiger partial charge in [0.25, 0.3) is 0 Å². The SMILES string of the molecule is CCCCC/C(=C\C/C=C(\C/C=C\C/C=C\CCC[C]=O)[N+](=O)[O-])[N+](=O)[O-]. The molecule has 0 rings (SSSR count). The zero-order valence-corrected chi connectivity index (χ0v) is 16.0. The molecular formula is C20H29N2O5. The molecule has 0 spiro atoms. The van der Waals surface area contributed by atoms with E-state index in [1.807, 2.05) is 31.4 Å². The monoisotopic (exact) mass is 377 g/mol. The van der Waals surface area contributed by atoms with Crippen molar-refractivity contribution in [2.75, 3.05) is 0 Å². The fourth-order valence-electron chi connectivity index (χ4n) is 2.27. The number of hydrogen-bond acceptors (Lipinski definition) is 5. The van der Waals surface area contributed by atoms with Crippen molar-refractivity contribution in [3.05, 3.63) is 68.1 Å². The van der Waals surface area contributed by atoms with Crippen LogP contribution in [-0.4, -0.2) is 16.1 Å². The van der Waals surface area contributed by atoms with Crippen LogP contribution in [0.3, 0.4) is 0 Å². The van der Waals surface area contributed by atoms with Crippen LogP contribution in [-0.2, 0) is 4.79 Å². The van der Waals surface area contributed by atoms with Gasteiger partial charge in [-0.05, 0) is 44.3 Å². The Morgan fingerprint density at radius 3 is 2.19 bits per heavy atom. The summed E-state index contributed by atoms with van der Waals surface area (Å²) in [5.41, 5.74) is 0.152. The fraction of sp³-hybridized carbons (Fsp3) is 0.550. The van der Waals surface area contributed by atoms with E-state index in [2.05, 4.69) is 0 Å². The van der Waals surface area contributed by atoms with Crippen LogP contribution in [0.4, 0.5) is 0 Å². The summed E-state index contributed by atoms with van der Waals surface area (Å²) in [6.45, 7) is 2.03. The summed E-state index contributed by atoms with van der Waals surface area (Å²) in [5.74, 6) is 0. The molecule has 0 bridgehead atoms. The Labute approximate surface area is 160 Å². The molecule has 149 valence electrons. The van der Waals surface area contributed by atoms with Gasteiger partial charge in [-0.1, -0.05) is 44.1 Å². The summed E-state index contributed by atoms with van der Waals surface area (Å²) in [7, 11) is 0. The Hall–Kier alpha value is -2.57. The maximum absolute atomic E-state index is 11.1. The van der Waals surface area contributed by atoms with E-state index in [9.17, 15) is 25.0 Å². The van der Waals surface area contributed by atoms with Crippen LogP contribution in [0, 0.1) is 20.2 Å². The van der Waals surface area contributed by atoms with Crippen LogP contribution in [0.15, 0.2) is 47.9 Å². The molecule has 0 aliphatic carbocycles. The lowest BCUT2D eigenvalue weighted by molar-refractivity contribution is -0.428. The highest BCUT2D eigenvalue weighted by Gasteiger charge is 2.11. The van der Waals surface area contributed by atoms with E-state index in [0.29, 0.717) is 19.3 Å². The van der Waals surface area contributed by atoms with Crippen molar-refractivity contribution in [1.29, 1.82) is 0 Å². The number of allylic oxidation sites excluding steroid dienone is 7. The molecule has 0 saturated carbocycles. The highest BCUT2D eigenvalue weighted by Crippen LogP contribution is 2.12. The summed E-state index contributed by atoms with van der Waals surface area (Å²) in [6.07, 6.45) is 18.3. The molecule has 0 heterocycles. The molecule has 7 nitrogen and oxygen atoms in total. The van der Waals surface area contributed by atoms with Gasteiger partial charge < -0.3 is 0 Å². The van der Waals surface area contributed by atoms with Crippen molar-refractivity contribution in [2.45, 2.75) is 71.1 Å².